The van der Waals surface area contributed by atoms with Crippen LogP contribution in [-0.2, 0) is 4.79 Å². The van der Waals surface area contributed by atoms with Gasteiger partial charge in [0.05, 0.1) is 16.0 Å². The molecule has 0 fully saturated rings. The van der Waals surface area contributed by atoms with Gasteiger partial charge < -0.3 is 5.32 Å². The summed E-state index contributed by atoms with van der Waals surface area (Å²) in [5.41, 5.74) is 2.76. The molecule has 1 N–H and O–H groups in total. The molecule has 1 amide bonds. The molecule has 5 aromatic rings. The molecule has 3 aromatic carbocycles. The summed E-state index contributed by atoms with van der Waals surface area (Å²) in [6.45, 7) is 0. The number of hydrogen-bond acceptors (Lipinski definition) is 6. The number of anilines is 1. The van der Waals surface area contributed by atoms with Crippen molar-refractivity contribution in [2.24, 2.45) is 0 Å². The Morgan fingerprint density at radius 1 is 1.00 bits per heavy atom. The van der Waals surface area contributed by atoms with Crippen LogP contribution in [0.15, 0.2) is 88.5 Å². The second-order valence-electron chi connectivity index (χ2n) is 6.81. The summed E-state index contributed by atoms with van der Waals surface area (Å²) in [4.78, 5) is 17.1. The van der Waals surface area contributed by atoms with Gasteiger partial charge in [-0.2, -0.15) is 0 Å². The minimum absolute atomic E-state index is 0.142. The average Bonchev–Trinajstić information content (AvgIpc) is 3.42. The fraction of sp³-hybridized carbons (Fsp3) is 0.0435. The van der Waals surface area contributed by atoms with Crippen molar-refractivity contribution in [2.75, 3.05) is 11.1 Å². The molecule has 0 aliphatic heterocycles. The van der Waals surface area contributed by atoms with E-state index in [1.165, 1.54) is 23.1 Å². The van der Waals surface area contributed by atoms with Crippen molar-refractivity contribution in [1.82, 2.24) is 19.7 Å². The zero-order valence-electron chi connectivity index (χ0n) is 16.6. The van der Waals surface area contributed by atoms with E-state index in [1.54, 1.807) is 0 Å². The molecule has 0 aliphatic carbocycles. The maximum absolute atomic E-state index is 12.6. The highest BCUT2D eigenvalue weighted by Crippen LogP contribution is 2.30. The Kier molecular flexibility index (Phi) is 6.02. The molecule has 0 radical (unpaired) electrons. The number of thioether (sulfide) groups is 1. The van der Waals surface area contributed by atoms with Gasteiger partial charge in [-0.3, -0.25) is 9.36 Å². The predicted molar refractivity (Wildman–Crippen MR) is 133 cm³/mol. The van der Waals surface area contributed by atoms with E-state index in [2.05, 4.69) is 36.4 Å². The maximum Gasteiger partial charge on any atom is 0.236 e. The van der Waals surface area contributed by atoms with E-state index in [0.717, 1.165) is 31.8 Å². The van der Waals surface area contributed by atoms with Crippen molar-refractivity contribution in [2.45, 2.75) is 5.16 Å². The minimum atomic E-state index is -0.142. The van der Waals surface area contributed by atoms with Crippen LogP contribution in [0, 0.1) is 0 Å². The number of thiazole rings is 1. The van der Waals surface area contributed by atoms with Gasteiger partial charge in [-0.15, -0.1) is 10.2 Å². The highest BCUT2D eigenvalue weighted by molar-refractivity contribution is 9.10. The molecule has 5 rings (SSSR count). The van der Waals surface area contributed by atoms with E-state index < -0.39 is 0 Å². The Labute approximate surface area is 200 Å². The molecule has 9 heteroatoms. The Morgan fingerprint density at radius 2 is 1.75 bits per heavy atom. The molecular weight excluding hydrogens is 506 g/mol. The van der Waals surface area contributed by atoms with Gasteiger partial charge in [0, 0.05) is 15.7 Å². The summed E-state index contributed by atoms with van der Waals surface area (Å²) in [6, 6.07) is 25.6. The van der Waals surface area contributed by atoms with Crippen molar-refractivity contribution < 1.29 is 4.79 Å². The maximum atomic E-state index is 12.6. The average molecular weight is 522 g/mol. The lowest BCUT2D eigenvalue weighted by atomic mass is 10.2. The monoisotopic (exact) mass is 521 g/mol. The lowest BCUT2D eigenvalue weighted by Gasteiger charge is -2.10. The summed E-state index contributed by atoms with van der Waals surface area (Å²) in [6.07, 6.45) is 0. The van der Waals surface area contributed by atoms with Gasteiger partial charge in [-0.05, 0) is 30.3 Å². The fourth-order valence-electron chi connectivity index (χ4n) is 3.18. The second-order valence-corrected chi connectivity index (χ2v) is 9.70. The summed E-state index contributed by atoms with van der Waals surface area (Å²) in [7, 11) is 0. The molecule has 0 unspecified atom stereocenters. The topological polar surface area (TPSA) is 72.7 Å². The standard InChI is InChI=1S/C23H16BrN5OS2/c24-16-11-12-18-19(13-16)32-22(25-18)26-20(30)14-31-23-28-27-21(15-7-3-1-4-8-15)29(23)17-9-5-2-6-10-17/h1-13H,14H2,(H,25,26,30). The van der Waals surface area contributed by atoms with Crippen LogP contribution < -0.4 is 5.32 Å². The number of aromatic nitrogens is 4. The number of halogens is 1. The molecule has 2 heterocycles. The first-order valence-corrected chi connectivity index (χ1v) is 12.3. The highest BCUT2D eigenvalue weighted by atomic mass is 79.9. The third kappa shape index (κ3) is 4.45. The zero-order chi connectivity index (χ0) is 21.9. The van der Waals surface area contributed by atoms with Gasteiger partial charge in [0.1, 0.15) is 0 Å². The quantitative estimate of drug-likeness (QED) is 0.276. The number of nitrogens with one attached hydrogen (secondary N) is 1. The number of carbonyl (C=O) groups excluding carboxylic acids is 1. The first-order chi connectivity index (χ1) is 15.7. The van der Waals surface area contributed by atoms with E-state index >= 15 is 0 Å². The number of nitrogens with zero attached hydrogens (tertiary/aromatic N) is 4. The van der Waals surface area contributed by atoms with Crippen LogP contribution in [0.1, 0.15) is 0 Å². The molecule has 32 heavy (non-hydrogen) atoms. The molecule has 0 atom stereocenters. The first-order valence-electron chi connectivity index (χ1n) is 9.72. The third-order valence-electron chi connectivity index (χ3n) is 4.61. The van der Waals surface area contributed by atoms with Gasteiger partial charge in [0.15, 0.2) is 16.1 Å². The summed E-state index contributed by atoms with van der Waals surface area (Å²) in [5.74, 6) is 0.785. The van der Waals surface area contributed by atoms with Crippen LogP contribution in [0.25, 0.3) is 27.3 Å². The fourth-order valence-corrected chi connectivity index (χ4v) is 5.37. The van der Waals surface area contributed by atoms with Gasteiger partial charge in [0.25, 0.3) is 0 Å². The van der Waals surface area contributed by atoms with Crippen molar-refractivity contribution in [1.29, 1.82) is 0 Å². The Balaban J connectivity index is 1.36. The Hall–Kier alpha value is -3.01. The van der Waals surface area contributed by atoms with Crippen LogP contribution >= 0.6 is 39.0 Å². The number of benzene rings is 3. The van der Waals surface area contributed by atoms with Crippen LogP contribution in [0.2, 0.25) is 0 Å². The molecule has 6 nitrogen and oxygen atoms in total. The molecule has 0 bridgehead atoms. The number of amides is 1. The van der Waals surface area contributed by atoms with Crippen molar-refractivity contribution in [3.8, 4) is 17.1 Å². The number of carbonyl (C=O) groups is 1. The van der Waals surface area contributed by atoms with Gasteiger partial charge in [0.2, 0.25) is 5.91 Å². The summed E-state index contributed by atoms with van der Waals surface area (Å²) < 4.78 is 3.97. The molecule has 0 saturated carbocycles. The highest BCUT2D eigenvalue weighted by Gasteiger charge is 2.17. The molecule has 2 aromatic heterocycles. The van der Waals surface area contributed by atoms with Crippen LogP contribution in [0.5, 0.6) is 0 Å². The minimum Gasteiger partial charge on any atom is -0.301 e. The summed E-state index contributed by atoms with van der Waals surface area (Å²) in [5, 5.41) is 12.9. The molecule has 0 saturated heterocycles. The van der Waals surface area contributed by atoms with Crippen LogP contribution in [0.4, 0.5) is 5.13 Å². The molecule has 0 aliphatic rings. The van der Waals surface area contributed by atoms with E-state index in [-0.39, 0.29) is 11.7 Å². The molecule has 158 valence electrons. The number of fused-ring (bicyclic) bond motifs is 1. The number of para-hydroxylation sites is 1. The lowest BCUT2D eigenvalue weighted by Crippen LogP contribution is -2.14. The Bertz CT molecular complexity index is 1390. The lowest BCUT2D eigenvalue weighted by molar-refractivity contribution is -0.113. The first kappa shape index (κ1) is 20.9. The normalized spacial score (nSPS) is 11.0. The number of rotatable bonds is 6. The van der Waals surface area contributed by atoms with Crippen LogP contribution in [-0.4, -0.2) is 31.4 Å². The smallest absolute Gasteiger partial charge is 0.236 e. The van der Waals surface area contributed by atoms with Crippen molar-refractivity contribution in [3.05, 3.63) is 83.3 Å². The number of hydrogen-bond donors (Lipinski definition) is 1. The third-order valence-corrected chi connectivity index (χ3v) is 6.96. The second kappa shape index (κ2) is 9.23. The molecule has 0 spiro atoms. The predicted octanol–water partition coefficient (Wildman–Crippen LogP) is 6.04. The zero-order valence-corrected chi connectivity index (χ0v) is 19.8. The van der Waals surface area contributed by atoms with Gasteiger partial charge >= 0.3 is 0 Å². The largest absolute Gasteiger partial charge is 0.301 e. The summed E-state index contributed by atoms with van der Waals surface area (Å²) >= 11 is 6.25. The van der Waals surface area contributed by atoms with Crippen LogP contribution in [0.3, 0.4) is 0 Å². The van der Waals surface area contributed by atoms with E-state index in [9.17, 15) is 4.79 Å². The van der Waals surface area contributed by atoms with Crippen molar-refractivity contribution in [3.63, 3.8) is 0 Å². The Morgan fingerprint density at radius 3 is 2.53 bits per heavy atom. The SMILES string of the molecule is O=C(CSc1nnc(-c2ccccc2)n1-c1ccccc1)Nc1nc2ccc(Br)cc2s1. The van der Waals surface area contributed by atoms with Gasteiger partial charge in [-0.25, -0.2) is 4.98 Å². The van der Waals surface area contributed by atoms with E-state index in [4.69, 9.17) is 0 Å². The van der Waals surface area contributed by atoms with Crippen molar-refractivity contribution >= 4 is 60.3 Å². The van der Waals surface area contributed by atoms with Gasteiger partial charge in [-0.1, -0.05) is 87.6 Å². The molecular formula is C23H16BrN5OS2. The van der Waals surface area contributed by atoms with E-state index in [0.29, 0.717) is 10.3 Å². The van der Waals surface area contributed by atoms with E-state index in [1.807, 2.05) is 83.4 Å².